The number of aliphatic hydroxyl groups is 1. The van der Waals surface area contributed by atoms with Gasteiger partial charge in [-0.2, -0.15) is 0 Å². The maximum atomic E-state index is 12.3. The first-order chi connectivity index (χ1) is 11.2. The third kappa shape index (κ3) is 5.04. The van der Waals surface area contributed by atoms with Crippen LogP contribution in [0.1, 0.15) is 44.2 Å². The van der Waals surface area contributed by atoms with Gasteiger partial charge in [-0.1, -0.05) is 50.1 Å². The van der Waals surface area contributed by atoms with E-state index in [1.807, 2.05) is 37.3 Å². The molecule has 0 heterocycles. The largest absolute Gasteiger partial charge is 0.394 e. The standard InChI is InChI=1S/C17H26N2O3S/c1-2-23(22)16-11-7-6-10-14(16)18-17(21)19-15(12-20)13-8-4-3-5-9-13/h3-5,8-9,14-16,20H,2,6-7,10-12H2,1H3,(H2,18,19,21)/t14-,15+,16+,23-/m0/s1. The molecule has 1 aromatic rings. The Labute approximate surface area is 140 Å². The molecule has 2 amide bonds. The van der Waals surface area contributed by atoms with Gasteiger partial charge < -0.3 is 15.7 Å². The summed E-state index contributed by atoms with van der Waals surface area (Å²) in [5, 5.41) is 15.3. The molecule has 6 heteroatoms. The van der Waals surface area contributed by atoms with E-state index in [9.17, 15) is 14.1 Å². The van der Waals surface area contributed by atoms with E-state index in [1.54, 1.807) is 0 Å². The number of rotatable bonds is 6. The van der Waals surface area contributed by atoms with E-state index in [4.69, 9.17) is 0 Å². The smallest absolute Gasteiger partial charge is 0.315 e. The number of benzene rings is 1. The van der Waals surface area contributed by atoms with Crippen molar-refractivity contribution in [2.75, 3.05) is 12.4 Å². The molecule has 0 aromatic heterocycles. The number of amides is 2. The third-order valence-corrected chi connectivity index (χ3v) is 6.14. The van der Waals surface area contributed by atoms with Gasteiger partial charge in [0.15, 0.2) is 0 Å². The predicted octanol–water partition coefficient (Wildman–Crippen LogP) is 2.10. The number of hydrogen-bond donors (Lipinski definition) is 3. The summed E-state index contributed by atoms with van der Waals surface area (Å²) in [5.74, 6) is 0.619. The summed E-state index contributed by atoms with van der Waals surface area (Å²) >= 11 is 0. The van der Waals surface area contributed by atoms with Crippen molar-refractivity contribution < 1.29 is 14.1 Å². The summed E-state index contributed by atoms with van der Waals surface area (Å²) in [6.45, 7) is 1.76. The van der Waals surface area contributed by atoms with Crippen molar-refractivity contribution in [3.8, 4) is 0 Å². The molecule has 0 radical (unpaired) electrons. The Kier molecular flexibility index (Phi) is 7.05. The summed E-state index contributed by atoms with van der Waals surface area (Å²) in [5.41, 5.74) is 0.863. The van der Waals surface area contributed by atoms with Crippen LogP contribution >= 0.6 is 0 Å². The molecule has 2 rings (SSSR count). The second-order valence-corrected chi connectivity index (χ2v) is 7.81. The van der Waals surface area contributed by atoms with Crippen molar-refractivity contribution in [1.82, 2.24) is 10.6 Å². The first-order valence-electron chi connectivity index (χ1n) is 8.25. The second kappa shape index (κ2) is 9.03. The Morgan fingerprint density at radius 3 is 2.65 bits per heavy atom. The lowest BCUT2D eigenvalue weighted by atomic mass is 9.95. The van der Waals surface area contributed by atoms with Crippen molar-refractivity contribution >= 4 is 16.8 Å². The molecular formula is C17H26N2O3S. The van der Waals surface area contributed by atoms with Gasteiger partial charge >= 0.3 is 6.03 Å². The fourth-order valence-electron chi connectivity index (χ4n) is 3.08. The minimum absolute atomic E-state index is 0.0313. The summed E-state index contributed by atoms with van der Waals surface area (Å²) in [6.07, 6.45) is 3.87. The zero-order chi connectivity index (χ0) is 16.7. The molecule has 128 valence electrons. The van der Waals surface area contributed by atoms with Gasteiger partial charge in [0, 0.05) is 22.6 Å². The van der Waals surface area contributed by atoms with Gasteiger partial charge in [0.1, 0.15) is 0 Å². The molecule has 1 aliphatic rings. The first kappa shape index (κ1) is 17.9. The fourth-order valence-corrected chi connectivity index (χ4v) is 4.51. The maximum absolute atomic E-state index is 12.3. The van der Waals surface area contributed by atoms with Crippen molar-refractivity contribution in [3.63, 3.8) is 0 Å². The molecule has 0 unspecified atom stereocenters. The molecule has 1 fully saturated rings. The van der Waals surface area contributed by atoms with Crippen molar-refractivity contribution in [1.29, 1.82) is 0 Å². The Morgan fingerprint density at radius 2 is 2.00 bits per heavy atom. The van der Waals surface area contributed by atoms with Crippen LogP contribution in [0.3, 0.4) is 0 Å². The average molecular weight is 338 g/mol. The molecule has 3 N–H and O–H groups in total. The van der Waals surface area contributed by atoms with Crippen molar-refractivity contribution in [3.05, 3.63) is 35.9 Å². The van der Waals surface area contributed by atoms with Crippen molar-refractivity contribution in [2.45, 2.75) is 49.9 Å². The average Bonchev–Trinajstić information content (AvgIpc) is 2.60. The molecule has 4 atom stereocenters. The van der Waals surface area contributed by atoms with Crippen LogP contribution in [-0.2, 0) is 10.8 Å². The quantitative estimate of drug-likeness (QED) is 0.743. The molecule has 0 spiro atoms. The number of carbonyl (C=O) groups is 1. The highest BCUT2D eigenvalue weighted by atomic mass is 32.2. The number of nitrogens with one attached hydrogen (secondary N) is 2. The minimum atomic E-state index is -0.902. The Hall–Kier alpha value is -1.40. The van der Waals surface area contributed by atoms with E-state index in [0.29, 0.717) is 5.75 Å². The molecule has 0 aliphatic heterocycles. The van der Waals surface area contributed by atoms with Gasteiger partial charge in [-0.15, -0.1) is 0 Å². The Morgan fingerprint density at radius 1 is 1.30 bits per heavy atom. The lowest BCUT2D eigenvalue weighted by Crippen LogP contribution is -2.51. The van der Waals surface area contributed by atoms with Crippen molar-refractivity contribution in [2.24, 2.45) is 0 Å². The van der Waals surface area contributed by atoms with Crippen LogP contribution in [0.2, 0.25) is 0 Å². The summed E-state index contributed by atoms with van der Waals surface area (Å²) in [7, 11) is -0.902. The van der Waals surface area contributed by atoms with Crippen LogP contribution in [0, 0.1) is 0 Å². The SMILES string of the molecule is CC[S@](=O)[C@@H]1CCCC[C@@H]1NC(=O)N[C@H](CO)c1ccccc1. The van der Waals surface area contributed by atoms with Crippen LogP contribution in [0.25, 0.3) is 0 Å². The molecule has 1 aliphatic carbocycles. The van der Waals surface area contributed by atoms with Crippen LogP contribution in [0.15, 0.2) is 30.3 Å². The highest BCUT2D eigenvalue weighted by molar-refractivity contribution is 7.85. The maximum Gasteiger partial charge on any atom is 0.315 e. The fraction of sp³-hybridized carbons (Fsp3) is 0.588. The van der Waals surface area contributed by atoms with Gasteiger partial charge in [0.05, 0.1) is 17.9 Å². The predicted molar refractivity (Wildman–Crippen MR) is 92.7 cm³/mol. The number of carbonyl (C=O) groups excluding carboxylic acids is 1. The minimum Gasteiger partial charge on any atom is -0.394 e. The van der Waals surface area contributed by atoms with E-state index < -0.39 is 16.8 Å². The van der Waals surface area contributed by atoms with E-state index in [0.717, 1.165) is 31.2 Å². The second-order valence-electron chi connectivity index (χ2n) is 5.86. The number of urea groups is 1. The number of hydrogen-bond acceptors (Lipinski definition) is 3. The van der Waals surface area contributed by atoms with Gasteiger partial charge in [-0.05, 0) is 18.4 Å². The topological polar surface area (TPSA) is 78.4 Å². The molecule has 23 heavy (non-hydrogen) atoms. The van der Waals surface area contributed by atoms with Crippen LogP contribution < -0.4 is 10.6 Å². The molecule has 1 aromatic carbocycles. The zero-order valence-corrected chi connectivity index (χ0v) is 14.3. The normalized spacial score (nSPS) is 23.7. The molecule has 0 saturated heterocycles. The lowest BCUT2D eigenvalue weighted by molar-refractivity contribution is 0.211. The van der Waals surface area contributed by atoms with Gasteiger partial charge in [-0.25, -0.2) is 4.79 Å². The molecule has 1 saturated carbocycles. The highest BCUT2D eigenvalue weighted by Gasteiger charge is 2.30. The molecular weight excluding hydrogens is 312 g/mol. The van der Waals surface area contributed by atoms with Crippen LogP contribution in [0.5, 0.6) is 0 Å². The molecule has 0 bridgehead atoms. The van der Waals surface area contributed by atoms with E-state index >= 15 is 0 Å². The number of aliphatic hydroxyl groups excluding tert-OH is 1. The highest BCUT2D eigenvalue weighted by Crippen LogP contribution is 2.23. The monoisotopic (exact) mass is 338 g/mol. The van der Waals surface area contributed by atoms with Crippen LogP contribution in [-0.4, -0.2) is 39.0 Å². The van der Waals surface area contributed by atoms with Crippen LogP contribution in [0.4, 0.5) is 4.79 Å². The Balaban J connectivity index is 1.95. The van der Waals surface area contributed by atoms with Gasteiger partial charge in [0.25, 0.3) is 0 Å². The summed E-state index contributed by atoms with van der Waals surface area (Å²) in [4.78, 5) is 12.3. The zero-order valence-electron chi connectivity index (χ0n) is 13.5. The van der Waals surface area contributed by atoms with E-state index in [-0.39, 0.29) is 23.9 Å². The molecule has 5 nitrogen and oxygen atoms in total. The van der Waals surface area contributed by atoms with E-state index in [1.165, 1.54) is 0 Å². The van der Waals surface area contributed by atoms with Gasteiger partial charge in [-0.3, -0.25) is 4.21 Å². The lowest BCUT2D eigenvalue weighted by Gasteiger charge is -2.31. The Bertz CT molecular complexity index is 524. The summed E-state index contributed by atoms with van der Waals surface area (Å²) < 4.78 is 12.2. The summed E-state index contributed by atoms with van der Waals surface area (Å²) in [6, 6.07) is 8.59. The van der Waals surface area contributed by atoms with Gasteiger partial charge in [0.2, 0.25) is 0 Å². The third-order valence-electron chi connectivity index (χ3n) is 4.33. The first-order valence-corrected chi connectivity index (χ1v) is 9.64. The van der Waals surface area contributed by atoms with E-state index in [2.05, 4.69) is 10.6 Å².